The molecule has 21 heavy (non-hydrogen) atoms. The highest BCUT2D eigenvalue weighted by Crippen LogP contribution is 2.32. The Balaban J connectivity index is 0.00000220. The highest BCUT2D eigenvalue weighted by molar-refractivity contribution is 5.88. The second kappa shape index (κ2) is 6.44. The maximum absolute atomic E-state index is 12.4. The van der Waals surface area contributed by atoms with Gasteiger partial charge in [0.05, 0.1) is 5.54 Å². The number of carbonyl (C=O) groups excluding carboxylic acids is 1. The third-order valence-electron chi connectivity index (χ3n) is 2.88. The normalized spacial score (nSPS) is 15.8. The van der Waals surface area contributed by atoms with Crippen LogP contribution in [0, 0.1) is 0 Å². The molecule has 0 unspecified atom stereocenters. The number of halogens is 4. The lowest BCUT2D eigenvalue weighted by Gasteiger charge is -2.11. The molecular formula is C11H15ClF3N5O. The molecule has 1 amide bonds. The number of rotatable bonds is 5. The van der Waals surface area contributed by atoms with Crippen LogP contribution in [0.2, 0.25) is 0 Å². The summed E-state index contributed by atoms with van der Waals surface area (Å²) >= 11 is 0. The summed E-state index contributed by atoms with van der Waals surface area (Å²) in [5.74, 6) is -0.382. The minimum absolute atomic E-state index is 0. The van der Waals surface area contributed by atoms with Crippen molar-refractivity contribution in [2.24, 2.45) is 5.73 Å². The Morgan fingerprint density at radius 2 is 2.05 bits per heavy atom. The Hall–Kier alpha value is -1.61. The van der Waals surface area contributed by atoms with E-state index in [9.17, 15) is 18.0 Å². The van der Waals surface area contributed by atoms with Crippen LogP contribution in [0.4, 0.5) is 19.1 Å². The van der Waals surface area contributed by atoms with E-state index in [0.717, 1.165) is 12.3 Å². The van der Waals surface area contributed by atoms with Crippen LogP contribution in [0.5, 0.6) is 0 Å². The van der Waals surface area contributed by atoms with Crippen LogP contribution in [-0.2, 0) is 11.0 Å². The number of anilines is 1. The van der Waals surface area contributed by atoms with E-state index in [-0.39, 0.29) is 37.4 Å². The third kappa shape index (κ3) is 4.71. The molecule has 0 aliphatic heterocycles. The van der Waals surface area contributed by atoms with Crippen LogP contribution in [0.3, 0.4) is 0 Å². The Kier molecular flexibility index (Phi) is 5.35. The number of nitrogens with zero attached hydrogens (tertiary/aromatic N) is 2. The summed E-state index contributed by atoms with van der Waals surface area (Å²) in [6, 6.07) is 0.790. The van der Waals surface area contributed by atoms with Gasteiger partial charge in [0.15, 0.2) is 0 Å². The molecule has 1 heterocycles. The first-order valence-electron chi connectivity index (χ1n) is 6.02. The number of aromatic nitrogens is 2. The van der Waals surface area contributed by atoms with Crippen LogP contribution >= 0.6 is 12.4 Å². The van der Waals surface area contributed by atoms with Gasteiger partial charge in [-0.25, -0.2) is 9.97 Å². The first-order valence-corrected chi connectivity index (χ1v) is 6.02. The minimum Gasteiger partial charge on any atom is -0.353 e. The van der Waals surface area contributed by atoms with Gasteiger partial charge in [0.2, 0.25) is 11.9 Å². The van der Waals surface area contributed by atoms with Crippen molar-refractivity contribution in [1.29, 1.82) is 0 Å². The number of carbonyl (C=O) groups is 1. The Morgan fingerprint density at radius 3 is 2.62 bits per heavy atom. The van der Waals surface area contributed by atoms with E-state index >= 15 is 0 Å². The Bertz CT molecular complexity index is 507. The van der Waals surface area contributed by atoms with E-state index in [1.54, 1.807) is 0 Å². The van der Waals surface area contributed by atoms with Crippen molar-refractivity contribution in [3.8, 4) is 0 Å². The number of nitrogens with one attached hydrogen (secondary N) is 2. The third-order valence-corrected chi connectivity index (χ3v) is 2.88. The quantitative estimate of drug-likeness (QED) is 0.701. The molecular weight excluding hydrogens is 311 g/mol. The molecule has 2 rings (SSSR count). The molecule has 1 aromatic rings. The maximum Gasteiger partial charge on any atom is 0.433 e. The molecule has 0 bridgehead atoms. The molecule has 0 radical (unpaired) electrons. The van der Waals surface area contributed by atoms with Gasteiger partial charge in [0.1, 0.15) is 5.69 Å². The molecule has 0 aromatic carbocycles. The number of amides is 1. The minimum atomic E-state index is -4.51. The lowest BCUT2D eigenvalue weighted by Crippen LogP contribution is -2.44. The molecule has 0 spiro atoms. The predicted octanol–water partition coefficient (Wildman–Crippen LogP) is 0.937. The van der Waals surface area contributed by atoms with Gasteiger partial charge in [0.25, 0.3) is 0 Å². The summed E-state index contributed by atoms with van der Waals surface area (Å²) < 4.78 is 37.2. The summed E-state index contributed by atoms with van der Waals surface area (Å²) in [5.41, 5.74) is 3.90. The summed E-state index contributed by atoms with van der Waals surface area (Å²) in [5, 5.41) is 5.20. The summed E-state index contributed by atoms with van der Waals surface area (Å²) in [6.07, 6.45) is -2.17. The molecule has 1 aliphatic carbocycles. The molecule has 1 saturated carbocycles. The lowest BCUT2D eigenvalue weighted by atomic mass is 10.3. The van der Waals surface area contributed by atoms with Crippen molar-refractivity contribution < 1.29 is 18.0 Å². The number of hydrogen-bond acceptors (Lipinski definition) is 5. The summed E-state index contributed by atoms with van der Waals surface area (Å²) in [6.45, 7) is 0.445. The lowest BCUT2D eigenvalue weighted by molar-refractivity contribution is -0.141. The predicted molar refractivity (Wildman–Crippen MR) is 71.9 cm³/mol. The highest BCUT2D eigenvalue weighted by Gasteiger charge is 2.45. The number of alkyl halides is 3. The van der Waals surface area contributed by atoms with Crippen molar-refractivity contribution in [3.63, 3.8) is 0 Å². The Morgan fingerprint density at radius 1 is 1.38 bits per heavy atom. The second-order valence-electron chi connectivity index (χ2n) is 4.60. The van der Waals surface area contributed by atoms with E-state index in [0.29, 0.717) is 12.8 Å². The topological polar surface area (TPSA) is 92.9 Å². The standard InChI is InChI=1S/C11H14F3N5O.ClH/c12-11(13,14)7-1-4-17-9(19-7)18-6-5-16-8(20)10(15)2-3-10;/h1,4H,2-3,5-6,15H2,(H,16,20)(H,17,18,19);1H. The second-order valence-corrected chi connectivity index (χ2v) is 4.60. The van der Waals surface area contributed by atoms with Crippen LogP contribution in [0.15, 0.2) is 12.3 Å². The van der Waals surface area contributed by atoms with Crippen molar-refractivity contribution >= 4 is 24.3 Å². The van der Waals surface area contributed by atoms with Gasteiger partial charge < -0.3 is 16.4 Å². The van der Waals surface area contributed by atoms with E-state index in [4.69, 9.17) is 5.73 Å². The molecule has 10 heteroatoms. The molecule has 4 N–H and O–H groups in total. The number of nitrogens with two attached hydrogens (primary N) is 1. The monoisotopic (exact) mass is 325 g/mol. The van der Waals surface area contributed by atoms with Crippen LogP contribution in [0.25, 0.3) is 0 Å². The van der Waals surface area contributed by atoms with Crippen molar-refractivity contribution in [1.82, 2.24) is 15.3 Å². The fourth-order valence-electron chi connectivity index (χ4n) is 1.49. The van der Waals surface area contributed by atoms with Gasteiger partial charge in [-0.1, -0.05) is 0 Å². The zero-order chi connectivity index (χ0) is 14.8. The summed E-state index contributed by atoms with van der Waals surface area (Å²) in [7, 11) is 0. The van der Waals surface area contributed by atoms with Crippen molar-refractivity contribution in [3.05, 3.63) is 18.0 Å². The zero-order valence-corrected chi connectivity index (χ0v) is 11.7. The fraction of sp³-hybridized carbons (Fsp3) is 0.545. The van der Waals surface area contributed by atoms with Gasteiger partial charge in [-0.3, -0.25) is 4.79 Å². The van der Waals surface area contributed by atoms with Crippen LogP contribution in [0.1, 0.15) is 18.5 Å². The van der Waals surface area contributed by atoms with Crippen molar-refractivity contribution in [2.75, 3.05) is 18.4 Å². The van der Waals surface area contributed by atoms with Crippen LogP contribution < -0.4 is 16.4 Å². The molecule has 1 aliphatic rings. The SMILES string of the molecule is Cl.NC1(C(=O)NCCNc2nccc(C(F)(F)F)n2)CC1. The molecule has 0 atom stereocenters. The Labute approximate surface area is 125 Å². The zero-order valence-electron chi connectivity index (χ0n) is 10.9. The summed E-state index contributed by atoms with van der Waals surface area (Å²) in [4.78, 5) is 18.5. The van der Waals surface area contributed by atoms with Crippen LogP contribution in [-0.4, -0.2) is 34.5 Å². The molecule has 0 saturated heterocycles. The van der Waals surface area contributed by atoms with Gasteiger partial charge in [-0.15, -0.1) is 12.4 Å². The average molecular weight is 326 g/mol. The highest BCUT2D eigenvalue weighted by atomic mass is 35.5. The van der Waals surface area contributed by atoms with Gasteiger partial charge in [-0.2, -0.15) is 13.2 Å². The average Bonchev–Trinajstić information content (AvgIpc) is 3.13. The van der Waals surface area contributed by atoms with E-state index in [1.807, 2.05) is 0 Å². The molecule has 6 nitrogen and oxygen atoms in total. The van der Waals surface area contributed by atoms with Gasteiger partial charge >= 0.3 is 6.18 Å². The van der Waals surface area contributed by atoms with E-state index in [1.165, 1.54) is 0 Å². The molecule has 1 aromatic heterocycles. The first kappa shape index (κ1) is 17.4. The fourth-order valence-corrected chi connectivity index (χ4v) is 1.49. The van der Waals surface area contributed by atoms with Crippen molar-refractivity contribution in [2.45, 2.75) is 24.6 Å². The molecule has 1 fully saturated rings. The van der Waals surface area contributed by atoms with E-state index in [2.05, 4.69) is 20.6 Å². The molecule has 118 valence electrons. The smallest absolute Gasteiger partial charge is 0.353 e. The first-order chi connectivity index (χ1) is 9.31. The largest absolute Gasteiger partial charge is 0.433 e. The van der Waals surface area contributed by atoms with Gasteiger partial charge in [0, 0.05) is 19.3 Å². The van der Waals surface area contributed by atoms with E-state index < -0.39 is 17.4 Å². The number of hydrogen-bond donors (Lipinski definition) is 3. The van der Waals surface area contributed by atoms with Gasteiger partial charge in [-0.05, 0) is 18.9 Å². The maximum atomic E-state index is 12.4.